The van der Waals surface area contributed by atoms with Crippen molar-refractivity contribution >= 4 is 44.0 Å². The van der Waals surface area contributed by atoms with Gasteiger partial charge in [0.05, 0.1) is 0 Å². The fraction of sp³-hybridized carbons (Fsp3) is 0.0833. The maximum absolute atomic E-state index is 5.25. The highest BCUT2D eigenvalue weighted by Gasteiger charge is 2.35. The molecular formula is C48H35N3. The highest BCUT2D eigenvalue weighted by atomic mass is 15.2. The molecule has 0 aromatic heterocycles. The van der Waals surface area contributed by atoms with Gasteiger partial charge in [0, 0.05) is 16.5 Å². The van der Waals surface area contributed by atoms with E-state index in [-0.39, 0.29) is 11.6 Å². The van der Waals surface area contributed by atoms with Gasteiger partial charge < -0.3 is 5.32 Å². The van der Waals surface area contributed by atoms with E-state index >= 15 is 0 Å². The van der Waals surface area contributed by atoms with Gasteiger partial charge in [-0.2, -0.15) is 0 Å². The predicted molar refractivity (Wildman–Crippen MR) is 214 cm³/mol. The molecule has 8 aromatic rings. The molecule has 3 nitrogen and oxygen atoms in total. The summed E-state index contributed by atoms with van der Waals surface area (Å²) in [4.78, 5) is 10.5. The average molecular weight is 654 g/mol. The zero-order chi connectivity index (χ0) is 34.1. The average Bonchev–Trinajstić information content (AvgIpc) is 3.43. The van der Waals surface area contributed by atoms with E-state index in [0.717, 1.165) is 33.9 Å². The Bertz CT molecular complexity index is 2720. The maximum atomic E-state index is 5.25. The zero-order valence-corrected chi connectivity index (χ0v) is 28.6. The minimum Gasteiger partial charge on any atom is -0.344 e. The Labute approximate surface area is 297 Å². The van der Waals surface area contributed by atoms with Crippen LogP contribution in [0.15, 0.2) is 174 Å². The summed E-state index contributed by atoms with van der Waals surface area (Å²) in [6.07, 6.45) is -0.277. The minimum atomic E-state index is -0.277. The lowest BCUT2D eigenvalue weighted by Crippen LogP contribution is -2.33. The first-order chi connectivity index (χ1) is 25.0. The van der Waals surface area contributed by atoms with Gasteiger partial charge in [0.15, 0.2) is 5.84 Å². The smallest absolute Gasteiger partial charge is 0.159 e. The standard InChI is InChI=1S/C48H35N3/c1-48(2)43-22-11-10-21-40(43)41-26-23-32(29-44(41)48)31-15-12-16-33(27-31)46-49-45(30-13-4-3-5-14-30)50-47(51-46)34-24-25-39-37-19-7-6-17-35(37)36-18-8-9-20-38(36)42(39)28-34/h3-29,45H,1-2H3,(H,49,50,51). The van der Waals surface area contributed by atoms with Crippen LogP contribution in [0.2, 0.25) is 0 Å². The second-order valence-electron chi connectivity index (χ2n) is 14.2. The molecule has 3 heteroatoms. The van der Waals surface area contributed by atoms with Crippen LogP contribution in [0.3, 0.4) is 0 Å². The number of benzene rings is 8. The van der Waals surface area contributed by atoms with Gasteiger partial charge in [-0.25, -0.2) is 9.98 Å². The molecule has 1 aliphatic heterocycles. The summed E-state index contributed by atoms with van der Waals surface area (Å²) in [7, 11) is 0. The van der Waals surface area contributed by atoms with E-state index in [4.69, 9.17) is 9.98 Å². The van der Waals surface area contributed by atoms with Gasteiger partial charge in [0.25, 0.3) is 0 Å². The van der Waals surface area contributed by atoms with Crippen LogP contribution < -0.4 is 5.32 Å². The SMILES string of the molecule is CC1(C)c2ccccc2-c2ccc(-c3cccc(C4=NC(c5ccc6c7ccccc7c7ccccc7c6c5)=NC(c5ccccc5)N4)c3)cc21. The topological polar surface area (TPSA) is 36.8 Å². The van der Waals surface area contributed by atoms with Crippen molar-refractivity contribution in [3.8, 4) is 22.3 Å². The van der Waals surface area contributed by atoms with Crippen molar-refractivity contribution in [3.63, 3.8) is 0 Å². The van der Waals surface area contributed by atoms with Crippen LogP contribution in [0, 0.1) is 0 Å². The lowest BCUT2D eigenvalue weighted by atomic mass is 9.81. The van der Waals surface area contributed by atoms with E-state index in [1.165, 1.54) is 60.1 Å². The summed E-state index contributed by atoms with van der Waals surface area (Å²) >= 11 is 0. The molecule has 1 aliphatic carbocycles. The Morgan fingerprint density at radius 2 is 1.04 bits per heavy atom. The number of amidine groups is 2. The van der Waals surface area contributed by atoms with Crippen molar-refractivity contribution in [2.45, 2.75) is 25.4 Å². The van der Waals surface area contributed by atoms with Crippen LogP contribution in [0.4, 0.5) is 0 Å². The van der Waals surface area contributed by atoms with Crippen LogP contribution >= 0.6 is 0 Å². The molecule has 51 heavy (non-hydrogen) atoms. The Kier molecular flexibility index (Phi) is 6.59. The molecule has 1 unspecified atom stereocenters. The molecule has 242 valence electrons. The van der Waals surface area contributed by atoms with Crippen molar-refractivity contribution in [3.05, 3.63) is 192 Å². The third-order valence-corrected chi connectivity index (χ3v) is 10.9. The molecule has 2 aliphatic rings. The highest BCUT2D eigenvalue weighted by Crippen LogP contribution is 2.49. The van der Waals surface area contributed by atoms with Crippen molar-refractivity contribution in [2.24, 2.45) is 9.98 Å². The molecule has 8 aromatic carbocycles. The van der Waals surface area contributed by atoms with Crippen LogP contribution in [0.1, 0.15) is 47.8 Å². The fourth-order valence-electron chi connectivity index (χ4n) is 8.31. The number of nitrogens with one attached hydrogen (secondary N) is 1. The molecule has 0 radical (unpaired) electrons. The minimum absolute atomic E-state index is 0.0553. The molecule has 0 saturated heterocycles. The third kappa shape index (κ3) is 4.73. The lowest BCUT2D eigenvalue weighted by molar-refractivity contribution is 0.660. The monoisotopic (exact) mass is 653 g/mol. The molecule has 1 N–H and O–H groups in total. The van der Waals surface area contributed by atoms with Gasteiger partial charge in [-0.15, -0.1) is 0 Å². The van der Waals surface area contributed by atoms with E-state index in [2.05, 4.69) is 177 Å². The van der Waals surface area contributed by atoms with E-state index in [1.807, 2.05) is 6.07 Å². The third-order valence-electron chi connectivity index (χ3n) is 10.9. The summed E-state index contributed by atoms with van der Waals surface area (Å²) in [5.74, 6) is 1.53. The molecule has 10 rings (SSSR count). The summed E-state index contributed by atoms with van der Waals surface area (Å²) < 4.78 is 0. The normalized spacial score (nSPS) is 16.0. The Morgan fingerprint density at radius 1 is 0.451 bits per heavy atom. The van der Waals surface area contributed by atoms with Gasteiger partial charge in [-0.05, 0) is 89.5 Å². The van der Waals surface area contributed by atoms with Crippen LogP contribution in [0.5, 0.6) is 0 Å². The van der Waals surface area contributed by atoms with Gasteiger partial charge in [0.1, 0.15) is 12.0 Å². The number of hydrogen-bond acceptors (Lipinski definition) is 3. The van der Waals surface area contributed by atoms with Crippen LogP contribution in [0.25, 0.3) is 54.6 Å². The van der Waals surface area contributed by atoms with E-state index in [0.29, 0.717) is 0 Å². The first kappa shape index (κ1) is 29.6. The van der Waals surface area contributed by atoms with Crippen LogP contribution in [-0.2, 0) is 5.41 Å². The molecule has 0 bridgehead atoms. The largest absolute Gasteiger partial charge is 0.344 e. The first-order valence-corrected chi connectivity index (χ1v) is 17.7. The molecule has 1 atom stereocenters. The summed E-state index contributed by atoms with van der Waals surface area (Å²) in [6.45, 7) is 4.67. The summed E-state index contributed by atoms with van der Waals surface area (Å²) in [5, 5.41) is 11.1. The number of aliphatic imine (C=N–C) groups is 2. The number of rotatable bonds is 4. The lowest BCUT2D eigenvalue weighted by Gasteiger charge is -2.24. The first-order valence-electron chi connectivity index (χ1n) is 17.7. The quantitative estimate of drug-likeness (QED) is 0.189. The molecule has 0 amide bonds. The van der Waals surface area contributed by atoms with E-state index in [1.54, 1.807) is 0 Å². The van der Waals surface area contributed by atoms with Gasteiger partial charge in [-0.1, -0.05) is 159 Å². The molecule has 0 spiro atoms. The van der Waals surface area contributed by atoms with Crippen molar-refractivity contribution in [1.82, 2.24) is 5.32 Å². The predicted octanol–water partition coefficient (Wildman–Crippen LogP) is 11.6. The molecule has 0 fully saturated rings. The Hall–Kier alpha value is -6.32. The number of fused-ring (bicyclic) bond motifs is 9. The number of nitrogens with zero attached hydrogens (tertiary/aromatic N) is 2. The second-order valence-corrected chi connectivity index (χ2v) is 14.2. The van der Waals surface area contributed by atoms with Crippen molar-refractivity contribution in [2.75, 3.05) is 0 Å². The highest BCUT2D eigenvalue weighted by molar-refractivity contribution is 6.26. The fourth-order valence-corrected chi connectivity index (χ4v) is 8.31. The zero-order valence-electron chi connectivity index (χ0n) is 28.6. The van der Waals surface area contributed by atoms with E-state index < -0.39 is 0 Å². The Morgan fingerprint density at radius 3 is 1.80 bits per heavy atom. The maximum Gasteiger partial charge on any atom is 0.159 e. The van der Waals surface area contributed by atoms with E-state index in [9.17, 15) is 0 Å². The Balaban J connectivity index is 1.09. The second kappa shape index (κ2) is 11.4. The van der Waals surface area contributed by atoms with Crippen LogP contribution in [-0.4, -0.2) is 11.7 Å². The molecule has 1 heterocycles. The molecular weight excluding hydrogens is 619 g/mol. The van der Waals surface area contributed by atoms with Gasteiger partial charge >= 0.3 is 0 Å². The van der Waals surface area contributed by atoms with Crippen molar-refractivity contribution in [1.29, 1.82) is 0 Å². The summed E-state index contributed by atoms with van der Waals surface area (Å²) in [5.41, 5.74) is 10.9. The van der Waals surface area contributed by atoms with Crippen molar-refractivity contribution < 1.29 is 0 Å². The molecule has 0 saturated carbocycles. The summed E-state index contributed by atoms with van der Waals surface area (Å²) in [6, 6.07) is 59.0. The van der Waals surface area contributed by atoms with Gasteiger partial charge in [-0.3, -0.25) is 0 Å². The van der Waals surface area contributed by atoms with Gasteiger partial charge in [0.2, 0.25) is 0 Å². The number of hydrogen-bond donors (Lipinski definition) is 1.